The third kappa shape index (κ3) is 54.2. The molecule has 2 radical (unpaired) electrons. The molecule has 0 aliphatic heterocycles. The quantitative estimate of drug-likeness (QED) is 0.261. The minimum atomic E-state index is 0. The summed E-state index contributed by atoms with van der Waals surface area (Å²) in [6.07, 6.45) is 0. The predicted molar refractivity (Wildman–Crippen MR) is 56.1 cm³/mol. The zero-order valence-corrected chi connectivity index (χ0v) is 13.1. The fraction of sp³-hybridized carbons (Fsp3) is 0. The SMILES string of the molecule is [C-]#[O+].[C-]#[O+].[CH-]=O.[CH-]=O.[Ru+5].[Ru+].[c-]1[c-][c-][cH-][c-]1.[c-]1[c-][c-][cH-][c-]1. The molecule has 2 rings (SSSR count). The summed E-state index contributed by atoms with van der Waals surface area (Å²) in [5.41, 5.74) is 0. The minimum absolute atomic E-state index is 0. The summed E-state index contributed by atoms with van der Waals surface area (Å²) in [5.74, 6) is 0. The van der Waals surface area contributed by atoms with Gasteiger partial charge in [0.05, 0.1) is 0 Å². The van der Waals surface area contributed by atoms with Gasteiger partial charge in [-0.3, -0.25) is 13.6 Å². The van der Waals surface area contributed by atoms with Gasteiger partial charge < -0.3 is 70.3 Å². The van der Waals surface area contributed by atoms with Crippen LogP contribution in [0, 0.1) is 61.8 Å². The van der Waals surface area contributed by atoms with E-state index >= 15 is 0 Å². The molecule has 0 N–H and O–H groups in total. The van der Waals surface area contributed by atoms with E-state index in [0.29, 0.717) is 0 Å². The molecule has 0 aromatic heterocycles. The summed E-state index contributed by atoms with van der Waals surface area (Å²) in [7, 11) is 0. The van der Waals surface area contributed by atoms with Crippen LogP contribution in [0.4, 0.5) is 0 Å². The second-order valence-corrected chi connectivity index (χ2v) is 1.37. The molecule has 0 amide bonds. The van der Waals surface area contributed by atoms with Crippen LogP contribution in [-0.2, 0) is 57.8 Å². The largest absolute Gasteiger partial charge is 5.00 e. The second kappa shape index (κ2) is 65.0. The van der Waals surface area contributed by atoms with Gasteiger partial charge >= 0.3 is 61.6 Å². The van der Waals surface area contributed by atoms with Crippen LogP contribution in [0.5, 0.6) is 0 Å². The molecule has 106 valence electrons. The van der Waals surface area contributed by atoms with Crippen molar-refractivity contribution in [3.63, 3.8) is 0 Å². The van der Waals surface area contributed by atoms with Gasteiger partial charge in [0.2, 0.25) is 0 Å². The molecule has 0 spiro atoms. The molecule has 0 saturated heterocycles. The van der Waals surface area contributed by atoms with Crippen molar-refractivity contribution in [2.24, 2.45) is 0 Å². The van der Waals surface area contributed by atoms with Crippen molar-refractivity contribution in [2.75, 3.05) is 0 Å². The first-order valence-corrected chi connectivity index (χ1v) is 3.53. The van der Waals surface area contributed by atoms with Crippen molar-refractivity contribution in [3.8, 4) is 0 Å². The minimum Gasteiger partial charge on any atom is -0.999 e. The molecule has 2 aromatic rings. The Labute approximate surface area is 145 Å². The zero-order chi connectivity index (χ0) is 15.1. The van der Waals surface area contributed by atoms with Crippen LogP contribution < -0.4 is 0 Å². The van der Waals surface area contributed by atoms with Crippen LogP contribution in [0.3, 0.4) is 0 Å². The molecule has 0 unspecified atom stereocenters. The topological polar surface area (TPSA) is 73.9 Å². The van der Waals surface area contributed by atoms with Crippen molar-refractivity contribution < 1.29 is 57.8 Å². The Morgan fingerprint density at radius 2 is 0.800 bits per heavy atom. The Balaban J connectivity index is -0.0000000311. The maximum atomic E-state index is 7.75. The number of rotatable bonds is 0. The van der Waals surface area contributed by atoms with Gasteiger partial charge in [0, 0.05) is 0 Å². The fourth-order valence-corrected chi connectivity index (χ4v) is 0.361. The van der Waals surface area contributed by atoms with Crippen molar-refractivity contribution in [1.29, 1.82) is 0 Å². The van der Waals surface area contributed by atoms with Crippen molar-refractivity contribution in [2.45, 2.75) is 0 Å². The van der Waals surface area contributed by atoms with Gasteiger partial charge in [-0.15, -0.1) is 0 Å². The smallest absolute Gasteiger partial charge is 0.999 e. The molecule has 0 bridgehead atoms. The van der Waals surface area contributed by atoms with Gasteiger partial charge in [-0.2, -0.15) is 0 Å². The van der Waals surface area contributed by atoms with Crippen LogP contribution in [-0.4, -0.2) is 13.6 Å². The summed E-state index contributed by atoms with van der Waals surface area (Å²) < 4.78 is 15.0. The average molecular weight is 438 g/mol. The molecule has 0 atom stereocenters. The van der Waals surface area contributed by atoms with Gasteiger partial charge in [0.25, 0.3) is 0 Å². The maximum Gasteiger partial charge on any atom is 5.00 e. The first-order valence-electron chi connectivity index (χ1n) is 3.53. The molecular weight excluding hydrogens is 434 g/mol. The molecule has 0 aliphatic carbocycles. The maximum absolute atomic E-state index is 7.75. The summed E-state index contributed by atoms with van der Waals surface area (Å²) in [6.45, 7) is 15.5. The molecular formula is C14H4O4Ru2-6. The summed E-state index contributed by atoms with van der Waals surface area (Å²) in [6, 6.07) is 24.0. The van der Waals surface area contributed by atoms with Gasteiger partial charge in [0.15, 0.2) is 0 Å². The number of hydrogen-bond acceptors (Lipinski definition) is 2. The van der Waals surface area contributed by atoms with Crippen LogP contribution in [0.2, 0.25) is 0 Å². The Hall–Kier alpha value is -1.23. The fourth-order valence-electron chi connectivity index (χ4n) is 0.361. The first kappa shape index (κ1) is 36.3. The van der Waals surface area contributed by atoms with Crippen LogP contribution >= 0.6 is 0 Å². The Morgan fingerprint density at radius 1 is 0.650 bits per heavy atom. The van der Waals surface area contributed by atoms with Gasteiger partial charge in [-0.1, -0.05) is 0 Å². The third-order valence-electron chi connectivity index (χ3n) is 0.702. The Morgan fingerprint density at radius 3 is 0.850 bits per heavy atom. The zero-order valence-electron chi connectivity index (χ0n) is 9.65. The van der Waals surface area contributed by atoms with E-state index in [1.165, 1.54) is 0 Å². The first-order chi connectivity index (χ1) is 9.00. The van der Waals surface area contributed by atoms with Crippen LogP contribution in [0.1, 0.15) is 0 Å². The molecule has 6 heteroatoms. The van der Waals surface area contributed by atoms with Gasteiger partial charge in [-0.25, -0.2) is 0 Å². The monoisotopic (exact) mass is 440 g/mol. The summed E-state index contributed by atoms with van der Waals surface area (Å²) >= 11 is 0. The molecule has 2 aromatic carbocycles. The molecule has 4 nitrogen and oxygen atoms in total. The second-order valence-electron chi connectivity index (χ2n) is 1.37. The van der Waals surface area contributed by atoms with E-state index in [-0.39, 0.29) is 39.0 Å². The normalized spacial score (nSPS) is 4.60. The predicted octanol–water partition coefficient (Wildman–Crippen LogP) is 0.584. The van der Waals surface area contributed by atoms with E-state index in [4.69, 9.17) is 18.9 Å². The van der Waals surface area contributed by atoms with Crippen LogP contribution in [0.25, 0.3) is 0 Å². The molecule has 0 heterocycles. The molecule has 20 heavy (non-hydrogen) atoms. The van der Waals surface area contributed by atoms with E-state index in [9.17, 15) is 0 Å². The van der Waals surface area contributed by atoms with Gasteiger partial charge in [-0.05, 0) is 0 Å². The van der Waals surface area contributed by atoms with E-state index in [0.717, 1.165) is 0 Å². The van der Waals surface area contributed by atoms with Crippen molar-refractivity contribution in [1.82, 2.24) is 0 Å². The van der Waals surface area contributed by atoms with E-state index < -0.39 is 0 Å². The van der Waals surface area contributed by atoms with Crippen molar-refractivity contribution in [3.05, 3.63) is 74.0 Å². The average Bonchev–Trinajstić information content (AvgIpc) is 3.25. The molecule has 0 saturated carbocycles. The Kier molecular flexibility index (Phi) is 118. The molecule has 0 fully saturated rings. The van der Waals surface area contributed by atoms with Crippen molar-refractivity contribution >= 4 is 13.6 Å². The van der Waals surface area contributed by atoms with E-state index in [1.807, 2.05) is 0 Å². The number of hydrogen-bond donors (Lipinski definition) is 0. The number of carbonyl (C=O) groups excluding carboxylic acids is 2. The summed E-state index contributed by atoms with van der Waals surface area (Å²) in [5, 5.41) is 0. The molecule has 0 aliphatic rings. The third-order valence-corrected chi connectivity index (χ3v) is 0.702. The Bertz CT molecular complexity index is 247. The van der Waals surface area contributed by atoms with E-state index in [1.54, 1.807) is 12.1 Å². The van der Waals surface area contributed by atoms with Crippen LogP contribution in [0.15, 0.2) is 12.1 Å². The summed E-state index contributed by atoms with van der Waals surface area (Å²) in [4.78, 5) is 15.5. The van der Waals surface area contributed by atoms with E-state index in [2.05, 4.69) is 75.4 Å². The standard InChI is InChI=1S/2C5H.2CHO.2CO.2Ru/c2*1-2-4-5-3-1;4*1-2;;/h2*1H;2*1H;;;;/q2*-5;2*-1;;;+1;+5. The van der Waals surface area contributed by atoms with Gasteiger partial charge in [0.1, 0.15) is 0 Å².